The first kappa shape index (κ1) is 19.4. The zero-order valence-electron chi connectivity index (χ0n) is 18.1. The highest BCUT2D eigenvalue weighted by Crippen LogP contribution is 2.34. The van der Waals surface area contributed by atoms with Crippen molar-refractivity contribution in [2.24, 2.45) is 7.05 Å². The van der Waals surface area contributed by atoms with Gasteiger partial charge in [0, 0.05) is 38.1 Å². The number of hydrogen-bond acceptors (Lipinski definition) is 7. The molecule has 33 heavy (non-hydrogen) atoms. The Labute approximate surface area is 188 Å². The minimum absolute atomic E-state index is 0.0733. The van der Waals surface area contributed by atoms with Crippen LogP contribution in [0.3, 0.4) is 0 Å². The maximum atomic E-state index is 13.5. The van der Waals surface area contributed by atoms with Crippen molar-refractivity contribution in [3.05, 3.63) is 71.7 Å². The predicted octanol–water partition coefficient (Wildman–Crippen LogP) is 2.19. The Balaban J connectivity index is 1.41. The normalized spacial score (nSPS) is 15.8. The molecule has 1 aliphatic rings. The quantitative estimate of drug-likeness (QED) is 0.452. The maximum Gasteiger partial charge on any atom is 0.312 e. The number of nitrogens with zero attached hydrogens (tertiary/aromatic N) is 8. The highest BCUT2D eigenvalue weighted by atomic mass is 16.4. The second-order valence-corrected chi connectivity index (χ2v) is 8.02. The Morgan fingerprint density at radius 3 is 3.06 bits per heavy atom. The molecule has 1 atom stereocenters. The van der Waals surface area contributed by atoms with Gasteiger partial charge in [-0.05, 0) is 24.1 Å². The fourth-order valence-electron chi connectivity index (χ4n) is 4.40. The summed E-state index contributed by atoms with van der Waals surface area (Å²) < 4.78 is 9.21. The van der Waals surface area contributed by atoms with Crippen LogP contribution in [0.1, 0.15) is 46.3 Å². The highest BCUT2D eigenvalue weighted by Gasteiger charge is 2.38. The van der Waals surface area contributed by atoms with Gasteiger partial charge in [-0.1, -0.05) is 13.0 Å². The van der Waals surface area contributed by atoms with E-state index < -0.39 is 6.04 Å². The molecule has 11 nitrogen and oxygen atoms in total. The van der Waals surface area contributed by atoms with Gasteiger partial charge in [0.2, 0.25) is 0 Å². The van der Waals surface area contributed by atoms with Crippen LogP contribution in [0.2, 0.25) is 0 Å². The number of carbonyl (C=O) groups excluding carboxylic acids is 1. The lowest BCUT2D eigenvalue weighted by Gasteiger charge is -2.32. The number of amides is 1. The van der Waals surface area contributed by atoms with E-state index in [0.29, 0.717) is 18.5 Å². The summed E-state index contributed by atoms with van der Waals surface area (Å²) in [5.41, 5.74) is 5.37. The van der Waals surface area contributed by atoms with Crippen LogP contribution in [-0.4, -0.2) is 56.9 Å². The molecule has 0 unspecified atom stereocenters. The van der Waals surface area contributed by atoms with E-state index in [1.54, 1.807) is 35.4 Å². The van der Waals surface area contributed by atoms with E-state index in [0.717, 1.165) is 29.0 Å². The van der Waals surface area contributed by atoms with Crippen molar-refractivity contribution in [3.63, 3.8) is 0 Å². The first-order valence-corrected chi connectivity index (χ1v) is 10.7. The van der Waals surface area contributed by atoms with Crippen molar-refractivity contribution >= 4 is 11.4 Å². The van der Waals surface area contributed by atoms with Crippen molar-refractivity contribution < 1.29 is 9.21 Å². The van der Waals surface area contributed by atoms with Crippen LogP contribution < -0.4 is 0 Å². The molecule has 1 amide bonds. The van der Waals surface area contributed by atoms with Crippen LogP contribution in [0.25, 0.3) is 17.0 Å². The number of aromatic amines is 1. The van der Waals surface area contributed by atoms with E-state index in [1.165, 1.54) is 5.56 Å². The summed E-state index contributed by atoms with van der Waals surface area (Å²) >= 11 is 0. The standard InChI is InChI=1S/C22H21N9O2/c1-3-13-5-4-7-31-17(13)9-16(28-31)19-18-15(23-12-24-18)6-8-30(19)22(32)21-27-26-20(33-21)14-10-25-29(2)11-14/h4-5,7,9-12,19H,3,6,8H2,1-2H3,(H,23,24)/t19-/m0/s1. The van der Waals surface area contributed by atoms with E-state index in [-0.39, 0.29) is 17.7 Å². The Morgan fingerprint density at radius 1 is 1.33 bits per heavy atom. The smallest absolute Gasteiger partial charge is 0.312 e. The molecule has 0 radical (unpaired) electrons. The average Bonchev–Trinajstić information content (AvgIpc) is 3.62. The van der Waals surface area contributed by atoms with Crippen molar-refractivity contribution in [2.75, 3.05) is 6.54 Å². The van der Waals surface area contributed by atoms with Crippen LogP contribution in [0.4, 0.5) is 0 Å². The number of aryl methyl sites for hydroxylation is 2. The first-order valence-electron chi connectivity index (χ1n) is 10.7. The average molecular weight is 443 g/mol. The number of fused-ring (bicyclic) bond motifs is 2. The fraction of sp³-hybridized carbons (Fsp3) is 0.273. The molecule has 5 aromatic heterocycles. The van der Waals surface area contributed by atoms with E-state index in [9.17, 15) is 4.79 Å². The summed E-state index contributed by atoms with van der Waals surface area (Å²) in [4.78, 5) is 23.0. The van der Waals surface area contributed by atoms with Gasteiger partial charge >= 0.3 is 11.8 Å². The minimum atomic E-state index is -0.467. The SMILES string of the molecule is CCc1cccn2nc([C@H]3c4nc[nH]c4CCN3C(=O)c3nnc(-c4cnn(C)c4)o3)cc12. The highest BCUT2D eigenvalue weighted by molar-refractivity contribution is 5.90. The number of pyridine rings is 1. The van der Waals surface area contributed by atoms with Gasteiger partial charge in [-0.25, -0.2) is 9.50 Å². The van der Waals surface area contributed by atoms with E-state index in [4.69, 9.17) is 9.52 Å². The summed E-state index contributed by atoms with van der Waals surface area (Å²) in [7, 11) is 1.80. The lowest BCUT2D eigenvalue weighted by Crippen LogP contribution is -2.41. The number of rotatable bonds is 4. The minimum Gasteiger partial charge on any atom is -0.412 e. The third-order valence-corrected chi connectivity index (χ3v) is 6.01. The van der Waals surface area contributed by atoms with Gasteiger partial charge in [-0.15, -0.1) is 10.2 Å². The molecule has 166 valence electrons. The van der Waals surface area contributed by atoms with Crippen LogP contribution in [0.5, 0.6) is 0 Å². The zero-order valence-corrected chi connectivity index (χ0v) is 18.1. The summed E-state index contributed by atoms with van der Waals surface area (Å²) in [6.45, 7) is 2.58. The van der Waals surface area contributed by atoms with Crippen molar-refractivity contribution in [1.82, 2.24) is 44.5 Å². The van der Waals surface area contributed by atoms with E-state index in [2.05, 4.69) is 38.3 Å². The lowest BCUT2D eigenvalue weighted by atomic mass is 9.99. The van der Waals surface area contributed by atoms with Gasteiger partial charge in [0.25, 0.3) is 5.89 Å². The summed E-state index contributed by atoms with van der Waals surface area (Å²) in [6.07, 6.45) is 8.47. The Morgan fingerprint density at radius 2 is 2.24 bits per heavy atom. The summed E-state index contributed by atoms with van der Waals surface area (Å²) in [5.74, 6) is -0.180. The van der Waals surface area contributed by atoms with Crippen LogP contribution in [0, 0.1) is 0 Å². The third-order valence-electron chi connectivity index (χ3n) is 6.01. The predicted molar refractivity (Wildman–Crippen MR) is 116 cm³/mol. The molecule has 1 aliphatic heterocycles. The second kappa shape index (κ2) is 7.40. The maximum absolute atomic E-state index is 13.5. The van der Waals surface area contributed by atoms with E-state index in [1.807, 2.05) is 22.8 Å². The molecule has 0 bridgehead atoms. The van der Waals surface area contributed by atoms with Gasteiger partial charge in [0.1, 0.15) is 6.04 Å². The molecule has 0 fully saturated rings. The van der Waals surface area contributed by atoms with Crippen molar-refractivity contribution in [3.8, 4) is 11.5 Å². The Bertz CT molecular complexity index is 1470. The number of imidazole rings is 1. The zero-order chi connectivity index (χ0) is 22.5. The third kappa shape index (κ3) is 3.12. The largest absolute Gasteiger partial charge is 0.412 e. The van der Waals surface area contributed by atoms with Gasteiger partial charge in [-0.2, -0.15) is 10.2 Å². The molecule has 0 saturated carbocycles. The van der Waals surface area contributed by atoms with E-state index >= 15 is 0 Å². The van der Waals surface area contributed by atoms with Crippen molar-refractivity contribution in [1.29, 1.82) is 0 Å². The molecule has 6 rings (SSSR count). The second-order valence-electron chi connectivity index (χ2n) is 8.02. The molecule has 1 N–H and O–H groups in total. The van der Waals surface area contributed by atoms with Gasteiger partial charge in [-0.3, -0.25) is 9.48 Å². The van der Waals surface area contributed by atoms with Crippen molar-refractivity contribution in [2.45, 2.75) is 25.8 Å². The Kier molecular flexibility index (Phi) is 4.35. The monoisotopic (exact) mass is 443 g/mol. The molecule has 5 aromatic rings. The number of nitrogens with one attached hydrogen (secondary N) is 1. The number of hydrogen-bond donors (Lipinski definition) is 1. The van der Waals surface area contributed by atoms with Crippen LogP contribution >= 0.6 is 0 Å². The first-order chi connectivity index (χ1) is 16.1. The molecular formula is C22H21N9O2. The number of carbonyl (C=O) groups is 1. The number of H-pyrrole nitrogens is 1. The summed E-state index contributed by atoms with van der Waals surface area (Å²) in [5, 5.41) is 17.0. The lowest BCUT2D eigenvalue weighted by molar-refractivity contribution is 0.0646. The molecule has 0 aromatic carbocycles. The Hall–Kier alpha value is -4.28. The molecule has 11 heteroatoms. The number of aromatic nitrogens is 8. The summed E-state index contributed by atoms with van der Waals surface area (Å²) in [6, 6.07) is 5.63. The molecule has 0 spiro atoms. The van der Waals surface area contributed by atoms with Crippen LogP contribution in [0.15, 0.2) is 47.5 Å². The topological polar surface area (TPSA) is 123 Å². The fourth-order valence-corrected chi connectivity index (χ4v) is 4.40. The molecule has 0 saturated heterocycles. The molecule has 0 aliphatic carbocycles. The molecular weight excluding hydrogens is 422 g/mol. The van der Waals surface area contributed by atoms with Gasteiger partial charge < -0.3 is 14.3 Å². The van der Waals surface area contributed by atoms with Gasteiger partial charge in [0.15, 0.2) is 0 Å². The van der Waals surface area contributed by atoms with Crippen LogP contribution in [-0.2, 0) is 19.9 Å². The molecule has 6 heterocycles. The van der Waals surface area contributed by atoms with Gasteiger partial charge in [0.05, 0.1) is 35.0 Å².